The largest absolute Gasteiger partial charge is 0.472 e. The number of nitrogen functional groups attached to an aromatic ring is 2. The van der Waals surface area contributed by atoms with Crippen LogP contribution in [0.1, 0.15) is 12.5 Å². The maximum absolute atomic E-state index is 13.2. The van der Waals surface area contributed by atoms with Crippen molar-refractivity contribution in [1.29, 1.82) is 0 Å². The SMILES string of the molecule is Nc1nc2c(ncn2[C@@H]2O[C@@H]3COP(=O)(O)OC4[C@@H](O)[C@@H](COP(=O)(O)CO[C@@H]3C2O)O[C@H]4n2cnc3c(N)ncnc32)c(=O)[nH]1. The average molecular weight is 688 g/mol. The number of hydrogen-bond acceptors (Lipinski definition) is 18. The topological polar surface area (TPSA) is 330 Å². The first-order valence-electron chi connectivity index (χ1n) is 13.4. The molecule has 3 fully saturated rings. The molecule has 4 aromatic heterocycles. The molecule has 0 aliphatic carbocycles. The van der Waals surface area contributed by atoms with Gasteiger partial charge in [-0.15, -0.1) is 0 Å². The molecule has 10 atom stereocenters. The fourth-order valence-corrected chi connectivity index (χ4v) is 7.18. The number of hydrogen-bond donors (Lipinski definition) is 7. The monoisotopic (exact) mass is 688 g/mol. The molecule has 3 aliphatic heterocycles. The highest BCUT2D eigenvalue weighted by molar-refractivity contribution is 7.52. The Morgan fingerprint density at radius 3 is 2.35 bits per heavy atom. The number of H-pyrrole nitrogens is 1. The zero-order chi connectivity index (χ0) is 32.5. The molecule has 3 aliphatic rings. The van der Waals surface area contributed by atoms with Gasteiger partial charge in [0.1, 0.15) is 54.8 Å². The average Bonchev–Trinajstić information content (AvgIpc) is 3.75. The van der Waals surface area contributed by atoms with Crippen LogP contribution < -0.4 is 17.0 Å². The normalized spacial score (nSPS) is 37.4. The highest BCUT2D eigenvalue weighted by Crippen LogP contribution is 2.52. The first-order valence-corrected chi connectivity index (χ1v) is 16.6. The Bertz CT molecular complexity index is 1950. The number of imidazole rings is 2. The minimum atomic E-state index is -5.07. The van der Waals surface area contributed by atoms with Crippen molar-refractivity contribution in [2.45, 2.75) is 49.1 Å². The van der Waals surface area contributed by atoms with Crippen LogP contribution in [0.5, 0.6) is 0 Å². The van der Waals surface area contributed by atoms with E-state index in [9.17, 15) is 33.9 Å². The van der Waals surface area contributed by atoms with Crippen molar-refractivity contribution >= 4 is 49.5 Å². The molecular weight excluding hydrogens is 662 g/mol. The van der Waals surface area contributed by atoms with E-state index < -0.39 is 89.6 Å². The maximum atomic E-state index is 13.2. The van der Waals surface area contributed by atoms with Gasteiger partial charge in [0.25, 0.3) is 5.56 Å². The van der Waals surface area contributed by atoms with Crippen LogP contribution in [0.25, 0.3) is 22.3 Å². The molecule has 9 N–H and O–H groups in total. The lowest BCUT2D eigenvalue weighted by atomic mass is 10.1. The van der Waals surface area contributed by atoms with Crippen LogP contribution in [-0.4, -0.2) is 115 Å². The minimum absolute atomic E-state index is 0.0248. The van der Waals surface area contributed by atoms with Crippen LogP contribution in [0.15, 0.2) is 23.8 Å². The zero-order valence-electron chi connectivity index (χ0n) is 23.1. The van der Waals surface area contributed by atoms with Gasteiger partial charge in [0, 0.05) is 0 Å². The summed E-state index contributed by atoms with van der Waals surface area (Å²) in [6.45, 7) is -1.48. The summed E-state index contributed by atoms with van der Waals surface area (Å²) in [5.41, 5.74) is 10.9. The van der Waals surface area contributed by atoms with Crippen molar-refractivity contribution in [1.82, 2.24) is 39.0 Å². The molecule has 4 unspecified atom stereocenters. The Morgan fingerprint density at radius 2 is 1.57 bits per heavy atom. The number of rotatable bonds is 2. The van der Waals surface area contributed by atoms with Crippen molar-refractivity contribution in [3.05, 3.63) is 29.3 Å². The molecule has 0 radical (unpaired) electrons. The van der Waals surface area contributed by atoms with Crippen molar-refractivity contribution in [2.24, 2.45) is 0 Å². The molecule has 46 heavy (non-hydrogen) atoms. The fourth-order valence-electron chi connectivity index (χ4n) is 5.43. The van der Waals surface area contributed by atoms with Crippen LogP contribution in [0.4, 0.5) is 11.8 Å². The van der Waals surface area contributed by atoms with E-state index in [0.717, 1.165) is 12.7 Å². The number of aliphatic hydroxyl groups excluding tert-OH is 2. The summed E-state index contributed by atoms with van der Waals surface area (Å²) in [5, 5.41) is 22.2. The second-order valence-corrected chi connectivity index (χ2v) is 13.7. The number of anilines is 2. The molecule has 7 rings (SSSR count). The Kier molecular flexibility index (Phi) is 7.70. The Morgan fingerprint density at radius 1 is 0.870 bits per heavy atom. The number of aliphatic hydroxyl groups is 2. The number of phosphoric acid groups is 1. The second kappa shape index (κ2) is 11.4. The van der Waals surface area contributed by atoms with Crippen molar-refractivity contribution in [3.63, 3.8) is 0 Å². The van der Waals surface area contributed by atoms with Crippen molar-refractivity contribution in [2.75, 3.05) is 31.0 Å². The summed E-state index contributed by atoms with van der Waals surface area (Å²) in [6, 6.07) is 0. The number of nitrogens with two attached hydrogens (primary N) is 2. The summed E-state index contributed by atoms with van der Waals surface area (Å²) in [5.74, 6) is -0.225. The molecule has 0 aromatic carbocycles. The van der Waals surface area contributed by atoms with Gasteiger partial charge in [-0.3, -0.25) is 32.5 Å². The van der Waals surface area contributed by atoms with E-state index in [4.69, 9.17) is 39.2 Å². The Hall–Kier alpha value is -3.44. The van der Waals surface area contributed by atoms with Crippen molar-refractivity contribution in [3.8, 4) is 0 Å². The minimum Gasteiger partial charge on any atom is -0.387 e. The van der Waals surface area contributed by atoms with Crippen LogP contribution in [0.3, 0.4) is 0 Å². The van der Waals surface area contributed by atoms with Gasteiger partial charge in [-0.2, -0.15) is 4.98 Å². The van der Waals surface area contributed by atoms with Crippen molar-refractivity contribution < 1.29 is 56.9 Å². The lowest BCUT2D eigenvalue weighted by molar-refractivity contribution is -0.0633. The molecule has 23 nitrogen and oxygen atoms in total. The third-order valence-corrected chi connectivity index (χ3v) is 9.55. The number of aromatic nitrogens is 8. The lowest BCUT2D eigenvalue weighted by Gasteiger charge is -2.26. The molecule has 3 saturated heterocycles. The molecule has 25 heteroatoms. The first-order chi connectivity index (χ1) is 21.8. The van der Waals surface area contributed by atoms with Gasteiger partial charge in [0.05, 0.1) is 25.9 Å². The zero-order valence-corrected chi connectivity index (χ0v) is 24.9. The van der Waals surface area contributed by atoms with E-state index in [-0.39, 0.29) is 34.1 Å². The Balaban J connectivity index is 1.20. The third-order valence-electron chi connectivity index (χ3n) is 7.54. The molecule has 7 heterocycles. The van der Waals surface area contributed by atoms with E-state index >= 15 is 0 Å². The number of phosphoric ester groups is 1. The lowest BCUT2D eigenvalue weighted by Crippen LogP contribution is -2.38. The van der Waals surface area contributed by atoms with E-state index in [1.807, 2.05) is 0 Å². The molecule has 0 spiro atoms. The van der Waals surface area contributed by atoms with Gasteiger partial charge in [-0.1, -0.05) is 0 Å². The predicted molar refractivity (Wildman–Crippen MR) is 148 cm³/mol. The quantitative estimate of drug-likeness (QED) is 0.109. The molecule has 248 valence electrons. The summed E-state index contributed by atoms with van der Waals surface area (Å²) in [7, 11) is -9.67. The number of aromatic amines is 1. The highest BCUT2D eigenvalue weighted by Gasteiger charge is 2.52. The Labute approximate surface area is 255 Å². The molecule has 0 saturated carbocycles. The van der Waals surface area contributed by atoms with Gasteiger partial charge in [-0.05, 0) is 0 Å². The number of nitrogens with one attached hydrogen (secondary N) is 1. The standard InChI is InChI=1S/C21H26N10O13P2/c22-15-9-16(25-3-24-15)30(4-26-9)20-14-11(32)7(42-20)1-40-45(35,36)6-39-13-8(2-41-46(37,38)44-14)43-19(12(13)33)31-5-27-10-17(31)28-21(23)29-18(10)34/h3-5,7-8,11-14,19-20,32-33H,1-2,6H2,(H,35,36)(H,37,38)(H2,22,24,25)(H3,23,28,29,34)/t7-,8-,11+,12?,13+,14?,19-,20-/m1/s1. The second-order valence-electron chi connectivity index (χ2n) is 10.5. The van der Waals surface area contributed by atoms with E-state index in [1.54, 1.807) is 0 Å². The van der Waals surface area contributed by atoms with E-state index in [1.165, 1.54) is 15.5 Å². The summed E-state index contributed by atoms with van der Waals surface area (Å²) < 4.78 is 61.7. The van der Waals surface area contributed by atoms with Crippen LogP contribution in [-0.2, 0) is 36.9 Å². The maximum Gasteiger partial charge on any atom is 0.472 e. The van der Waals surface area contributed by atoms with Gasteiger partial charge >= 0.3 is 15.4 Å². The fraction of sp³-hybridized carbons (Fsp3) is 0.524. The number of nitrogens with zero attached hydrogens (tertiary/aromatic N) is 7. The summed E-state index contributed by atoms with van der Waals surface area (Å²) >= 11 is 0. The predicted octanol–water partition coefficient (Wildman–Crippen LogP) is -2.30. The first kappa shape index (κ1) is 31.2. The van der Waals surface area contributed by atoms with Gasteiger partial charge in [0.15, 0.2) is 35.1 Å². The van der Waals surface area contributed by atoms with Gasteiger partial charge in [0.2, 0.25) is 5.95 Å². The van der Waals surface area contributed by atoms with E-state index in [0.29, 0.717) is 0 Å². The van der Waals surface area contributed by atoms with E-state index in [2.05, 4.69) is 29.9 Å². The summed E-state index contributed by atoms with van der Waals surface area (Å²) in [6.07, 6.45) is -9.42. The molecular formula is C21H26N10O13P2. The molecule has 2 bridgehead atoms. The molecule has 4 aromatic rings. The van der Waals surface area contributed by atoms with Crippen LogP contribution in [0.2, 0.25) is 0 Å². The van der Waals surface area contributed by atoms with Crippen LogP contribution in [0, 0.1) is 0 Å². The molecule has 0 amide bonds. The third kappa shape index (κ3) is 5.49. The highest BCUT2D eigenvalue weighted by atomic mass is 31.2. The smallest absolute Gasteiger partial charge is 0.387 e. The summed E-state index contributed by atoms with van der Waals surface area (Å²) in [4.78, 5) is 55.9. The van der Waals surface area contributed by atoms with Gasteiger partial charge < -0.3 is 50.2 Å². The van der Waals surface area contributed by atoms with Crippen LogP contribution >= 0.6 is 15.4 Å². The number of fused-ring (bicyclic) bond motifs is 5. The number of ether oxygens (including phenoxy) is 3. The van der Waals surface area contributed by atoms with Gasteiger partial charge in [-0.25, -0.2) is 24.5 Å².